The molecule has 0 amide bonds. The molecule has 0 aliphatic carbocycles. The number of aromatic nitrogens is 2. The summed E-state index contributed by atoms with van der Waals surface area (Å²) in [6.45, 7) is 1.25. The van der Waals surface area contributed by atoms with Crippen molar-refractivity contribution in [2.45, 2.75) is 13.1 Å². The van der Waals surface area contributed by atoms with Crippen LogP contribution in [0.5, 0.6) is 5.75 Å². The van der Waals surface area contributed by atoms with Crippen LogP contribution in [0.1, 0.15) is 11.5 Å². The first kappa shape index (κ1) is 16.5. The molecule has 2 aromatic carbocycles. The molecule has 0 aliphatic heterocycles. The van der Waals surface area contributed by atoms with Gasteiger partial charge in [-0.1, -0.05) is 47.1 Å². The van der Waals surface area contributed by atoms with Crippen LogP contribution < -0.4 is 4.74 Å². The summed E-state index contributed by atoms with van der Waals surface area (Å²) in [6.07, 6.45) is 0. The minimum absolute atomic E-state index is 0.544. The summed E-state index contributed by atoms with van der Waals surface area (Å²) in [4.78, 5) is 6.53. The highest BCUT2D eigenvalue weighted by atomic mass is 35.5. The predicted octanol–water partition coefficient (Wildman–Crippen LogP) is 4.03. The topological polar surface area (TPSA) is 51.4 Å². The molecule has 3 aromatic rings. The summed E-state index contributed by atoms with van der Waals surface area (Å²) in [5, 5.41) is 4.80. The third-order valence-electron chi connectivity index (χ3n) is 3.60. The lowest BCUT2D eigenvalue weighted by Crippen LogP contribution is -2.17. The van der Waals surface area contributed by atoms with Crippen molar-refractivity contribution in [3.05, 3.63) is 65.0 Å². The molecule has 6 heteroatoms. The van der Waals surface area contributed by atoms with Crippen LogP contribution in [-0.4, -0.2) is 29.2 Å². The summed E-state index contributed by atoms with van der Waals surface area (Å²) in [6, 6.07) is 15.4. The van der Waals surface area contributed by atoms with Crippen LogP contribution in [0.4, 0.5) is 0 Å². The van der Waals surface area contributed by atoms with Gasteiger partial charge >= 0.3 is 0 Å². The van der Waals surface area contributed by atoms with E-state index in [1.165, 1.54) is 0 Å². The van der Waals surface area contributed by atoms with E-state index in [4.69, 9.17) is 20.9 Å². The molecule has 24 heavy (non-hydrogen) atoms. The van der Waals surface area contributed by atoms with Crippen LogP contribution in [0.25, 0.3) is 11.4 Å². The quantitative estimate of drug-likeness (QED) is 0.676. The second-order valence-corrected chi connectivity index (χ2v) is 5.91. The molecular formula is C18H18ClN3O2. The van der Waals surface area contributed by atoms with Gasteiger partial charge in [0, 0.05) is 17.1 Å². The zero-order chi connectivity index (χ0) is 16.9. The van der Waals surface area contributed by atoms with Gasteiger partial charge in [0.1, 0.15) is 5.75 Å². The van der Waals surface area contributed by atoms with Gasteiger partial charge < -0.3 is 9.26 Å². The van der Waals surface area contributed by atoms with Gasteiger partial charge in [0.15, 0.2) is 0 Å². The number of halogens is 1. The van der Waals surface area contributed by atoms with Crippen molar-refractivity contribution < 1.29 is 9.26 Å². The molecule has 1 aromatic heterocycles. The van der Waals surface area contributed by atoms with Crippen LogP contribution in [-0.2, 0) is 13.1 Å². The maximum atomic E-state index is 6.19. The standard InChI is InChI=1S/C18H18ClN3O2/c1-22(11-14-6-3-4-9-16(14)19)12-17-20-18(21-24-17)13-7-5-8-15(10-13)23-2/h3-10H,11-12H2,1-2H3. The molecule has 0 radical (unpaired) electrons. The van der Waals surface area contributed by atoms with Crippen molar-refractivity contribution in [2.75, 3.05) is 14.2 Å². The Bertz CT molecular complexity index is 819. The molecule has 0 saturated carbocycles. The Balaban J connectivity index is 1.68. The van der Waals surface area contributed by atoms with E-state index in [2.05, 4.69) is 15.0 Å². The number of benzene rings is 2. The highest BCUT2D eigenvalue weighted by Crippen LogP contribution is 2.22. The van der Waals surface area contributed by atoms with Crippen LogP contribution in [0.15, 0.2) is 53.1 Å². The van der Waals surface area contributed by atoms with E-state index in [1.807, 2.05) is 55.6 Å². The molecule has 124 valence electrons. The van der Waals surface area contributed by atoms with Gasteiger partial charge in [-0.3, -0.25) is 4.90 Å². The average molecular weight is 344 g/mol. The summed E-state index contributed by atoms with van der Waals surface area (Å²) in [5.74, 6) is 1.87. The van der Waals surface area contributed by atoms with Gasteiger partial charge in [-0.15, -0.1) is 0 Å². The largest absolute Gasteiger partial charge is 0.497 e. The SMILES string of the molecule is COc1cccc(-c2noc(CN(C)Cc3ccccc3Cl)n2)c1. The number of methoxy groups -OCH3 is 1. The van der Waals surface area contributed by atoms with Crippen LogP contribution >= 0.6 is 11.6 Å². The summed E-state index contributed by atoms with van der Waals surface area (Å²) < 4.78 is 10.6. The molecule has 0 aliphatic rings. The highest BCUT2D eigenvalue weighted by molar-refractivity contribution is 6.31. The van der Waals surface area contributed by atoms with Gasteiger partial charge in [0.2, 0.25) is 11.7 Å². The molecule has 1 heterocycles. The Labute approximate surface area is 145 Å². The monoisotopic (exact) mass is 343 g/mol. The summed E-state index contributed by atoms with van der Waals surface area (Å²) in [7, 11) is 3.61. The first-order chi connectivity index (χ1) is 11.7. The van der Waals surface area contributed by atoms with E-state index in [9.17, 15) is 0 Å². The third kappa shape index (κ3) is 3.93. The summed E-state index contributed by atoms with van der Waals surface area (Å²) >= 11 is 6.19. The van der Waals surface area contributed by atoms with E-state index in [-0.39, 0.29) is 0 Å². The normalized spacial score (nSPS) is 11.0. The zero-order valence-corrected chi connectivity index (χ0v) is 14.3. The highest BCUT2D eigenvalue weighted by Gasteiger charge is 2.12. The van der Waals surface area contributed by atoms with Gasteiger partial charge in [0.05, 0.1) is 13.7 Å². The minimum atomic E-state index is 0.544. The maximum Gasteiger partial charge on any atom is 0.241 e. The molecule has 0 unspecified atom stereocenters. The predicted molar refractivity (Wildman–Crippen MR) is 92.9 cm³/mol. The molecule has 0 fully saturated rings. The van der Waals surface area contributed by atoms with Gasteiger partial charge in [0.25, 0.3) is 0 Å². The second-order valence-electron chi connectivity index (χ2n) is 5.51. The molecule has 0 atom stereocenters. The van der Waals surface area contributed by atoms with Crippen LogP contribution in [0, 0.1) is 0 Å². The van der Waals surface area contributed by atoms with Crippen LogP contribution in [0.3, 0.4) is 0 Å². The summed E-state index contributed by atoms with van der Waals surface area (Å²) in [5.41, 5.74) is 1.92. The Kier molecular flexibility index (Phi) is 5.13. The molecule has 0 saturated heterocycles. The van der Waals surface area contributed by atoms with Crippen molar-refractivity contribution in [1.82, 2.24) is 15.0 Å². The van der Waals surface area contributed by atoms with E-state index in [0.29, 0.717) is 24.8 Å². The lowest BCUT2D eigenvalue weighted by Gasteiger charge is -2.14. The zero-order valence-electron chi connectivity index (χ0n) is 13.6. The molecule has 5 nitrogen and oxygen atoms in total. The van der Waals surface area contributed by atoms with Gasteiger partial charge in [-0.2, -0.15) is 4.98 Å². The fraction of sp³-hybridized carbons (Fsp3) is 0.222. The number of nitrogens with zero attached hydrogens (tertiary/aromatic N) is 3. The lowest BCUT2D eigenvalue weighted by molar-refractivity contribution is 0.261. The van der Waals surface area contributed by atoms with Crippen molar-refractivity contribution in [2.24, 2.45) is 0 Å². The van der Waals surface area contributed by atoms with Crippen molar-refractivity contribution in [3.63, 3.8) is 0 Å². The van der Waals surface area contributed by atoms with Crippen LogP contribution in [0.2, 0.25) is 5.02 Å². The van der Waals surface area contributed by atoms with Crippen molar-refractivity contribution in [1.29, 1.82) is 0 Å². The second kappa shape index (κ2) is 7.47. The molecule has 0 N–H and O–H groups in total. The maximum absolute atomic E-state index is 6.19. The number of rotatable bonds is 6. The molecule has 0 bridgehead atoms. The van der Waals surface area contributed by atoms with E-state index >= 15 is 0 Å². The average Bonchev–Trinajstić information content (AvgIpc) is 3.05. The lowest BCUT2D eigenvalue weighted by atomic mass is 10.2. The first-order valence-corrected chi connectivity index (χ1v) is 7.92. The fourth-order valence-electron chi connectivity index (χ4n) is 2.40. The first-order valence-electron chi connectivity index (χ1n) is 7.54. The van der Waals surface area contributed by atoms with E-state index < -0.39 is 0 Å². The Morgan fingerprint density at radius 1 is 1.12 bits per heavy atom. The molecule has 0 spiro atoms. The Morgan fingerprint density at radius 2 is 1.96 bits per heavy atom. The molecule has 3 rings (SSSR count). The Hall–Kier alpha value is -2.37. The van der Waals surface area contributed by atoms with Crippen molar-refractivity contribution in [3.8, 4) is 17.1 Å². The third-order valence-corrected chi connectivity index (χ3v) is 3.97. The number of hydrogen-bond donors (Lipinski definition) is 0. The fourth-order valence-corrected chi connectivity index (χ4v) is 2.60. The van der Waals surface area contributed by atoms with Gasteiger partial charge in [-0.05, 0) is 30.8 Å². The van der Waals surface area contributed by atoms with E-state index in [1.54, 1.807) is 7.11 Å². The van der Waals surface area contributed by atoms with E-state index in [0.717, 1.165) is 21.9 Å². The number of hydrogen-bond acceptors (Lipinski definition) is 5. The smallest absolute Gasteiger partial charge is 0.241 e. The van der Waals surface area contributed by atoms with Gasteiger partial charge in [-0.25, -0.2) is 0 Å². The number of ether oxygens (including phenoxy) is 1. The van der Waals surface area contributed by atoms with Crippen molar-refractivity contribution >= 4 is 11.6 Å². The molecular weight excluding hydrogens is 326 g/mol. The Morgan fingerprint density at radius 3 is 2.75 bits per heavy atom. The minimum Gasteiger partial charge on any atom is -0.497 e.